The predicted molar refractivity (Wildman–Crippen MR) is 95.3 cm³/mol. The molecule has 140 valence electrons. The van der Waals surface area contributed by atoms with Gasteiger partial charge in [0, 0.05) is 12.2 Å². The number of anilines is 2. The number of nitrogens with one attached hydrogen (secondary N) is 2. The minimum Gasteiger partial charge on any atom is -0.488 e. The molecule has 7 nitrogen and oxygen atoms in total. The van der Waals surface area contributed by atoms with Crippen LogP contribution in [0.5, 0.6) is 5.75 Å². The zero-order chi connectivity index (χ0) is 19.5. The molecular formula is C18H21FN2O5. The molecule has 26 heavy (non-hydrogen) atoms. The molecule has 2 rings (SSSR count). The molecular weight excluding hydrogens is 343 g/mol. The number of carbonyl (C=O) groups excluding carboxylic acids is 1. The lowest BCUT2D eigenvalue weighted by Gasteiger charge is -2.19. The largest absolute Gasteiger partial charge is 0.488 e. The molecule has 0 aliphatic heterocycles. The Labute approximate surface area is 149 Å². The van der Waals surface area contributed by atoms with Crippen LogP contribution in [0.4, 0.5) is 20.6 Å². The van der Waals surface area contributed by atoms with E-state index in [1.54, 1.807) is 33.8 Å². The van der Waals surface area contributed by atoms with Gasteiger partial charge in [-0.3, -0.25) is 9.59 Å². The molecule has 0 aromatic heterocycles. The Morgan fingerprint density at radius 1 is 1.15 bits per heavy atom. The van der Waals surface area contributed by atoms with Crippen LogP contribution in [0.3, 0.4) is 0 Å². The molecule has 0 heterocycles. The molecule has 0 spiro atoms. The molecule has 0 aliphatic rings. The molecule has 0 saturated carbocycles. The van der Waals surface area contributed by atoms with E-state index in [1.165, 1.54) is 12.1 Å². The van der Waals surface area contributed by atoms with Crippen LogP contribution < -0.4 is 26.2 Å². The third-order valence-corrected chi connectivity index (χ3v) is 3.22. The Kier molecular flexibility index (Phi) is 5.64. The maximum Gasteiger partial charge on any atom is 0.407 e. The Hall–Kier alpha value is -2.90. The van der Waals surface area contributed by atoms with Crippen molar-refractivity contribution in [3.63, 3.8) is 0 Å². The lowest BCUT2D eigenvalue weighted by molar-refractivity contribution is 0.0523. The Balaban J connectivity index is 2.11. The van der Waals surface area contributed by atoms with E-state index in [0.29, 0.717) is 5.56 Å². The smallest absolute Gasteiger partial charge is 0.407 e. The van der Waals surface area contributed by atoms with Crippen molar-refractivity contribution >= 4 is 17.5 Å². The summed E-state index contributed by atoms with van der Waals surface area (Å²) in [5, 5.41) is 5.22. The minimum atomic E-state index is -0.717. The van der Waals surface area contributed by atoms with Gasteiger partial charge in [0.1, 0.15) is 17.1 Å². The second-order valence-electron chi connectivity index (χ2n) is 6.62. The van der Waals surface area contributed by atoms with Crippen LogP contribution in [0.2, 0.25) is 0 Å². The van der Waals surface area contributed by atoms with E-state index in [4.69, 9.17) is 9.47 Å². The number of rotatable bonds is 6. The average molecular weight is 364 g/mol. The number of hydrogen-bond acceptors (Lipinski definition) is 6. The lowest BCUT2D eigenvalue weighted by Crippen LogP contribution is -2.35. The molecule has 2 N–H and O–H groups in total. The van der Waals surface area contributed by atoms with E-state index in [0.717, 1.165) is 0 Å². The number of carbonyl (C=O) groups is 1. The van der Waals surface area contributed by atoms with Crippen molar-refractivity contribution in [3.05, 3.63) is 50.0 Å². The molecule has 0 aliphatic carbocycles. The van der Waals surface area contributed by atoms with Gasteiger partial charge in [0.2, 0.25) is 0 Å². The number of halogens is 1. The molecule has 0 bridgehead atoms. The summed E-state index contributed by atoms with van der Waals surface area (Å²) in [6, 6.07) is 3.96. The summed E-state index contributed by atoms with van der Waals surface area (Å²) in [6.07, 6.45) is -0.627. The van der Waals surface area contributed by atoms with Crippen molar-refractivity contribution in [2.45, 2.75) is 39.8 Å². The van der Waals surface area contributed by atoms with Crippen molar-refractivity contribution in [2.24, 2.45) is 0 Å². The molecule has 0 fully saturated rings. The molecule has 0 unspecified atom stereocenters. The normalized spacial score (nSPS) is 11.3. The fourth-order valence-electron chi connectivity index (χ4n) is 2.22. The number of alkyl carbamates (subject to hydrolysis) is 1. The van der Waals surface area contributed by atoms with Crippen molar-refractivity contribution in [1.29, 1.82) is 0 Å². The highest BCUT2D eigenvalue weighted by atomic mass is 19.1. The van der Waals surface area contributed by atoms with Crippen LogP contribution >= 0.6 is 0 Å². The molecule has 0 radical (unpaired) electrons. The predicted octanol–water partition coefficient (Wildman–Crippen LogP) is 2.59. The van der Waals surface area contributed by atoms with Gasteiger partial charge in [-0.05, 0) is 51.5 Å². The summed E-state index contributed by atoms with van der Waals surface area (Å²) in [4.78, 5) is 34.8. The van der Waals surface area contributed by atoms with Crippen LogP contribution in [0.25, 0.3) is 0 Å². The van der Waals surface area contributed by atoms with Gasteiger partial charge < -0.3 is 20.1 Å². The van der Waals surface area contributed by atoms with Gasteiger partial charge in [-0.25, -0.2) is 9.18 Å². The second kappa shape index (κ2) is 7.55. The first-order chi connectivity index (χ1) is 12.1. The van der Waals surface area contributed by atoms with Gasteiger partial charge >= 0.3 is 6.09 Å². The summed E-state index contributed by atoms with van der Waals surface area (Å²) >= 11 is 0. The third kappa shape index (κ3) is 4.81. The fraction of sp³-hybridized carbons (Fsp3) is 0.389. The number of ether oxygens (including phenoxy) is 2. The van der Waals surface area contributed by atoms with Gasteiger partial charge in [0.15, 0.2) is 5.75 Å². The highest BCUT2D eigenvalue weighted by molar-refractivity contribution is 5.70. The van der Waals surface area contributed by atoms with E-state index in [-0.39, 0.29) is 30.3 Å². The third-order valence-electron chi connectivity index (χ3n) is 3.22. The SMILES string of the molecule is CCOc1c(Nc2cc(F)cc(CNC(=O)OC(C)(C)C)c2)c(=O)c1=O. The van der Waals surface area contributed by atoms with Gasteiger partial charge in [0.25, 0.3) is 10.9 Å². The van der Waals surface area contributed by atoms with Gasteiger partial charge in [0.05, 0.1) is 6.61 Å². The topological polar surface area (TPSA) is 93.7 Å². The highest BCUT2D eigenvalue weighted by Crippen LogP contribution is 2.24. The first-order valence-electron chi connectivity index (χ1n) is 8.10. The summed E-state index contributed by atoms with van der Waals surface area (Å²) in [6.45, 7) is 7.15. The van der Waals surface area contributed by atoms with Crippen LogP contribution in [0.15, 0.2) is 27.8 Å². The van der Waals surface area contributed by atoms with Crippen molar-refractivity contribution in [1.82, 2.24) is 5.32 Å². The second-order valence-corrected chi connectivity index (χ2v) is 6.62. The molecule has 2 aromatic carbocycles. The van der Waals surface area contributed by atoms with E-state index in [1.807, 2.05) is 0 Å². The molecule has 0 saturated heterocycles. The number of hydrogen-bond donors (Lipinski definition) is 2. The summed E-state index contributed by atoms with van der Waals surface area (Å²) in [5.74, 6) is -0.622. The maximum atomic E-state index is 13.8. The van der Waals surface area contributed by atoms with Crippen molar-refractivity contribution < 1.29 is 18.7 Å². The number of benzene rings is 1. The molecule has 2 aromatic rings. The van der Waals surface area contributed by atoms with E-state index in [2.05, 4.69) is 10.6 Å². The highest BCUT2D eigenvalue weighted by Gasteiger charge is 2.22. The summed E-state index contributed by atoms with van der Waals surface area (Å²) < 4.78 is 24.1. The quantitative estimate of drug-likeness (QED) is 0.765. The molecule has 8 heteroatoms. The van der Waals surface area contributed by atoms with Gasteiger partial charge in [-0.2, -0.15) is 0 Å². The Morgan fingerprint density at radius 3 is 2.46 bits per heavy atom. The van der Waals surface area contributed by atoms with E-state index < -0.39 is 28.4 Å². The number of amides is 1. The summed E-state index contributed by atoms with van der Waals surface area (Å²) in [7, 11) is 0. The van der Waals surface area contributed by atoms with Crippen LogP contribution in [-0.4, -0.2) is 18.3 Å². The zero-order valence-corrected chi connectivity index (χ0v) is 15.1. The zero-order valence-electron chi connectivity index (χ0n) is 15.1. The maximum absolute atomic E-state index is 13.8. The van der Waals surface area contributed by atoms with Crippen LogP contribution in [-0.2, 0) is 11.3 Å². The van der Waals surface area contributed by atoms with E-state index >= 15 is 0 Å². The lowest BCUT2D eigenvalue weighted by atomic mass is 10.1. The van der Waals surface area contributed by atoms with Crippen LogP contribution in [0.1, 0.15) is 33.3 Å². The standard InChI is InChI=1S/C18H21FN2O5/c1-5-25-16-13(14(22)15(16)23)21-12-7-10(6-11(19)8-12)9-20-17(24)26-18(2,3)4/h6-8,21H,5,9H2,1-4H3,(H,20,24). The fourth-order valence-corrected chi connectivity index (χ4v) is 2.22. The van der Waals surface area contributed by atoms with Crippen LogP contribution in [0, 0.1) is 5.82 Å². The first-order valence-corrected chi connectivity index (χ1v) is 8.10. The Bertz CT molecular complexity index is 879. The Morgan fingerprint density at radius 2 is 1.85 bits per heavy atom. The molecule has 0 atom stereocenters. The molecule has 1 amide bonds. The van der Waals surface area contributed by atoms with Crippen molar-refractivity contribution in [3.8, 4) is 5.75 Å². The van der Waals surface area contributed by atoms with Gasteiger partial charge in [-0.1, -0.05) is 0 Å². The minimum absolute atomic E-state index is 0.00602. The first kappa shape index (κ1) is 19.4. The van der Waals surface area contributed by atoms with E-state index in [9.17, 15) is 18.8 Å². The van der Waals surface area contributed by atoms with Gasteiger partial charge in [-0.15, -0.1) is 0 Å². The summed E-state index contributed by atoms with van der Waals surface area (Å²) in [5.41, 5.74) is -1.36. The average Bonchev–Trinajstić information content (AvgIpc) is 2.54. The van der Waals surface area contributed by atoms with Crippen molar-refractivity contribution in [2.75, 3.05) is 11.9 Å². The monoisotopic (exact) mass is 364 g/mol.